The van der Waals surface area contributed by atoms with Gasteiger partial charge in [0.25, 0.3) is 0 Å². The molecular weight excluding hydrogens is 336 g/mol. The Labute approximate surface area is 152 Å². The van der Waals surface area contributed by atoms with Crippen LogP contribution in [-0.2, 0) is 4.79 Å². The normalized spacial score (nSPS) is 29.0. The minimum atomic E-state index is -1.04. The Kier molecular flexibility index (Phi) is 4.94. The van der Waals surface area contributed by atoms with Crippen molar-refractivity contribution < 1.29 is 25.4 Å². The summed E-state index contributed by atoms with van der Waals surface area (Å²) in [7, 11) is 0. The van der Waals surface area contributed by atoms with Crippen molar-refractivity contribution in [3.63, 3.8) is 0 Å². The van der Waals surface area contributed by atoms with Gasteiger partial charge in [0.1, 0.15) is 6.10 Å². The van der Waals surface area contributed by atoms with Crippen LogP contribution in [0.2, 0.25) is 0 Å². The highest BCUT2D eigenvalue weighted by atomic mass is 16.8. The van der Waals surface area contributed by atoms with Crippen molar-refractivity contribution in [3.8, 4) is 0 Å². The van der Waals surface area contributed by atoms with E-state index in [1.165, 1.54) is 24.3 Å². The van der Waals surface area contributed by atoms with Gasteiger partial charge < -0.3 is 20.7 Å². The molecule has 1 aromatic carbocycles. The molecule has 2 fully saturated rings. The largest absolute Gasteiger partial charge is 0.595 e. The maximum absolute atomic E-state index is 12.3. The molecule has 2 aliphatic rings. The minimum Gasteiger partial charge on any atom is -0.595 e. The van der Waals surface area contributed by atoms with Crippen molar-refractivity contribution in [1.29, 1.82) is 0 Å². The molecule has 1 unspecified atom stereocenters. The summed E-state index contributed by atoms with van der Waals surface area (Å²) < 4.78 is 0. The third-order valence-corrected chi connectivity index (χ3v) is 5.95. The van der Waals surface area contributed by atoms with Gasteiger partial charge in [-0.25, -0.2) is 5.21 Å². The molecule has 5 atom stereocenters. The van der Waals surface area contributed by atoms with Gasteiger partial charge in [-0.3, -0.25) is 4.79 Å². The molecule has 1 aromatic rings. The average molecular weight is 362 g/mol. The third kappa shape index (κ3) is 3.17. The second kappa shape index (κ2) is 6.75. The monoisotopic (exact) mass is 362 g/mol. The van der Waals surface area contributed by atoms with Crippen LogP contribution in [0.25, 0.3) is 0 Å². The number of benzene rings is 1. The maximum Gasteiger partial charge on any atom is 0.163 e. The van der Waals surface area contributed by atoms with Gasteiger partial charge in [0.05, 0.1) is 12.6 Å². The van der Waals surface area contributed by atoms with Crippen LogP contribution in [0.1, 0.15) is 38.9 Å². The predicted molar refractivity (Wildman–Crippen MR) is 94.3 cm³/mol. The van der Waals surface area contributed by atoms with Crippen LogP contribution in [-0.4, -0.2) is 33.9 Å². The van der Waals surface area contributed by atoms with Crippen LogP contribution in [0.4, 0.5) is 5.69 Å². The van der Waals surface area contributed by atoms with E-state index in [2.05, 4.69) is 19.2 Å². The lowest BCUT2D eigenvalue weighted by Gasteiger charge is -2.25. The lowest BCUT2D eigenvalue weighted by Crippen LogP contribution is -2.99. The molecule has 0 saturated heterocycles. The third-order valence-electron chi connectivity index (χ3n) is 5.95. The number of hydrogen-bond acceptors (Lipinski definition) is 6. The summed E-state index contributed by atoms with van der Waals surface area (Å²) in [6.07, 6.45) is -0.465. The van der Waals surface area contributed by atoms with Crippen molar-refractivity contribution in [2.45, 2.75) is 39.3 Å². The second-order valence-corrected chi connectivity index (χ2v) is 7.88. The van der Waals surface area contributed by atoms with Crippen LogP contribution in [0.15, 0.2) is 35.5 Å². The Bertz CT molecular complexity index is 726. The molecule has 7 nitrogen and oxygen atoms in total. The number of carbonyl (C=O) groups excluding carboxylic acids is 1. The fraction of sp³-hybridized carbons (Fsp3) is 0.526. The van der Waals surface area contributed by atoms with Crippen LogP contribution >= 0.6 is 0 Å². The van der Waals surface area contributed by atoms with Gasteiger partial charge in [-0.1, -0.05) is 26.0 Å². The number of nitrogens with one attached hydrogen (secondary N) is 2. The topological polar surface area (TPSA) is 117 Å². The summed E-state index contributed by atoms with van der Waals surface area (Å²) in [6, 6.07) is 5.20. The Hall–Kier alpha value is -1.77. The highest BCUT2D eigenvalue weighted by Gasteiger charge is 2.65. The zero-order valence-corrected chi connectivity index (χ0v) is 15.2. The summed E-state index contributed by atoms with van der Waals surface area (Å²) in [5.74, 6) is 0.776. The SMILES string of the molecule is CC(N[C@@H](CO)[C@@H](O)c1ccc([NH+]([O-])O)cc1)=C1C(=O)C[C@@H]2[C@@H]1C2(C)C. The number of hydrogen-bond donors (Lipinski definition) is 5. The molecule has 5 N–H and O–H groups in total. The highest BCUT2D eigenvalue weighted by molar-refractivity contribution is 6.01. The van der Waals surface area contributed by atoms with E-state index in [9.17, 15) is 20.2 Å². The molecule has 0 bridgehead atoms. The molecule has 0 amide bonds. The molecule has 0 aromatic heterocycles. The Balaban J connectivity index is 1.76. The van der Waals surface area contributed by atoms with Gasteiger partial charge in [0.2, 0.25) is 0 Å². The predicted octanol–water partition coefficient (Wildman–Crippen LogP) is 0.593. The standard InChI is InChI=1S/C19H26N2O5/c1-10(16-15(23)8-13-17(16)19(13,2)3)20-14(9-22)18(24)11-4-6-12(7-5-11)21(25)26/h4-7,13-14,17-18,20-22,24-25H,8-9H2,1-3H3/t13-,14+,17+,18+/m1/s1. The molecule has 0 radical (unpaired) electrons. The van der Waals surface area contributed by atoms with Crippen LogP contribution < -0.4 is 10.5 Å². The summed E-state index contributed by atoms with van der Waals surface area (Å²) in [4.78, 5) is 12.3. The van der Waals surface area contributed by atoms with E-state index in [1.807, 2.05) is 6.92 Å². The molecule has 3 rings (SSSR count). The van der Waals surface area contributed by atoms with Crippen LogP contribution in [0.3, 0.4) is 0 Å². The second-order valence-electron chi connectivity index (χ2n) is 7.88. The molecule has 26 heavy (non-hydrogen) atoms. The zero-order chi connectivity index (χ0) is 19.2. The van der Waals surface area contributed by atoms with Crippen LogP contribution in [0, 0.1) is 22.5 Å². The summed E-state index contributed by atoms with van der Waals surface area (Å²) in [5.41, 5.74) is 2.25. The number of rotatable bonds is 6. The van der Waals surface area contributed by atoms with Crippen molar-refractivity contribution >= 4 is 11.5 Å². The number of quaternary nitrogens is 1. The number of allylic oxidation sites excluding steroid dienone is 2. The number of carbonyl (C=O) groups is 1. The lowest BCUT2D eigenvalue weighted by atomic mass is 9.94. The average Bonchev–Trinajstić information content (AvgIpc) is 2.94. The fourth-order valence-electron chi connectivity index (χ4n) is 4.26. The zero-order valence-electron chi connectivity index (χ0n) is 15.2. The first-order chi connectivity index (χ1) is 12.2. The first-order valence-corrected chi connectivity index (χ1v) is 8.81. The quantitative estimate of drug-likeness (QED) is 0.374. The minimum absolute atomic E-state index is 0.131. The van der Waals surface area contributed by atoms with Gasteiger partial charge in [-0.05, 0) is 29.7 Å². The molecule has 2 aliphatic carbocycles. The molecule has 2 saturated carbocycles. The first kappa shape index (κ1) is 19.0. The highest BCUT2D eigenvalue weighted by Crippen LogP contribution is 2.68. The molecule has 142 valence electrons. The van der Waals surface area contributed by atoms with Crippen molar-refractivity contribution in [2.75, 3.05) is 6.61 Å². The number of ketones is 1. The Morgan fingerprint density at radius 1 is 1.38 bits per heavy atom. The van der Waals surface area contributed by atoms with Crippen molar-refractivity contribution in [2.24, 2.45) is 17.3 Å². The van der Waals surface area contributed by atoms with E-state index in [-0.39, 0.29) is 29.4 Å². The number of Topliss-reactive ketones (excluding diaryl/α,β-unsaturated/α-hetero) is 1. The van der Waals surface area contributed by atoms with Crippen molar-refractivity contribution in [3.05, 3.63) is 46.3 Å². The number of aliphatic hydroxyl groups excluding tert-OH is 2. The number of fused-ring (bicyclic) bond motifs is 1. The molecular formula is C19H26N2O5. The summed E-state index contributed by atoms with van der Waals surface area (Å²) in [5, 5.41) is 42.2. The molecule has 0 aliphatic heterocycles. The summed E-state index contributed by atoms with van der Waals surface area (Å²) >= 11 is 0. The smallest absolute Gasteiger partial charge is 0.163 e. The maximum atomic E-state index is 12.3. The molecule has 7 heteroatoms. The van der Waals surface area contributed by atoms with Crippen LogP contribution in [0.5, 0.6) is 0 Å². The Morgan fingerprint density at radius 3 is 2.50 bits per heavy atom. The number of aliphatic hydroxyl groups is 2. The van der Waals surface area contributed by atoms with Gasteiger partial charge in [-0.2, -0.15) is 5.23 Å². The van der Waals surface area contributed by atoms with Crippen molar-refractivity contribution in [1.82, 2.24) is 5.32 Å². The molecule has 0 spiro atoms. The first-order valence-electron chi connectivity index (χ1n) is 8.81. The van der Waals surface area contributed by atoms with E-state index in [0.29, 0.717) is 23.6 Å². The van der Waals surface area contributed by atoms with Gasteiger partial charge in [0, 0.05) is 29.8 Å². The van der Waals surface area contributed by atoms with E-state index < -0.39 is 17.4 Å². The van der Waals surface area contributed by atoms with Gasteiger partial charge in [0.15, 0.2) is 11.5 Å². The van der Waals surface area contributed by atoms with E-state index in [1.54, 1.807) is 0 Å². The van der Waals surface area contributed by atoms with E-state index in [4.69, 9.17) is 5.21 Å². The van der Waals surface area contributed by atoms with E-state index >= 15 is 0 Å². The fourth-order valence-corrected chi connectivity index (χ4v) is 4.26. The summed E-state index contributed by atoms with van der Waals surface area (Å²) in [6.45, 7) is 5.81. The van der Waals surface area contributed by atoms with Gasteiger partial charge >= 0.3 is 0 Å². The van der Waals surface area contributed by atoms with Gasteiger partial charge in [-0.15, -0.1) is 0 Å². The Morgan fingerprint density at radius 2 is 2.00 bits per heavy atom. The molecule has 0 heterocycles. The van der Waals surface area contributed by atoms with E-state index in [0.717, 1.165) is 5.57 Å². The lowest BCUT2D eigenvalue weighted by molar-refractivity contribution is -0.991.